The molecule has 0 atom stereocenters. The number of hydrogen-bond acceptors (Lipinski definition) is 5. The Balaban J connectivity index is 1.96. The van der Waals surface area contributed by atoms with Gasteiger partial charge in [-0.3, -0.25) is 9.59 Å². The number of aryl methyl sites for hydroxylation is 1. The van der Waals surface area contributed by atoms with Crippen molar-refractivity contribution in [2.24, 2.45) is 7.05 Å². The Morgan fingerprint density at radius 2 is 1.90 bits per heavy atom. The average Bonchev–Trinajstić information content (AvgIpc) is 2.60. The van der Waals surface area contributed by atoms with Crippen LogP contribution in [0.3, 0.4) is 0 Å². The molecule has 7 nitrogen and oxygen atoms in total. The summed E-state index contributed by atoms with van der Waals surface area (Å²) in [5.74, 6) is -1.94. The molecule has 1 amide bonds. The Labute approximate surface area is 164 Å². The van der Waals surface area contributed by atoms with Gasteiger partial charge in [0.25, 0.3) is 5.91 Å². The van der Waals surface area contributed by atoms with E-state index in [0.717, 1.165) is 12.1 Å². The van der Waals surface area contributed by atoms with Crippen molar-refractivity contribution in [2.75, 3.05) is 13.2 Å². The molecule has 2 heterocycles. The number of amides is 1. The number of pyridine rings is 1. The molecule has 1 saturated heterocycles. The van der Waals surface area contributed by atoms with Gasteiger partial charge in [0.05, 0.1) is 30.2 Å². The minimum atomic E-state index is -4.89. The molecule has 0 saturated carbocycles. The van der Waals surface area contributed by atoms with E-state index < -0.39 is 35.3 Å². The summed E-state index contributed by atoms with van der Waals surface area (Å²) in [7, 11) is 1.62. The number of alkyl halides is 3. The van der Waals surface area contributed by atoms with E-state index in [4.69, 9.17) is 9.47 Å². The van der Waals surface area contributed by atoms with E-state index >= 15 is 0 Å². The minimum absolute atomic E-state index is 0.0534. The number of fused-ring (bicyclic) bond motifs is 1. The number of rotatable bonds is 3. The SMILES string of the molecule is Cc1c(C(=O)NC2COC(C)(C)OC2)c(=O)c2cc(OC(F)(F)F)ccc2n1C. The zero-order valence-corrected chi connectivity index (χ0v) is 16.3. The predicted octanol–water partition coefficient (Wildman–Crippen LogP) is 2.63. The van der Waals surface area contributed by atoms with Gasteiger partial charge < -0.3 is 24.1 Å². The van der Waals surface area contributed by atoms with Crippen molar-refractivity contribution in [1.82, 2.24) is 9.88 Å². The molecule has 10 heteroatoms. The molecule has 0 unspecified atom stereocenters. The molecule has 158 valence electrons. The largest absolute Gasteiger partial charge is 0.573 e. The van der Waals surface area contributed by atoms with E-state index in [1.165, 1.54) is 6.07 Å². The molecule has 1 aliphatic heterocycles. The van der Waals surface area contributed by atoms with Crippen LogP contribution in [0.2, 0.25) is 0 Å². The molecule has 2 aromatic rings. The summed E-state index contributed by atoms with van der Waals surface area (Å²) < 4.78 is 54.0. The molecular weight excluding hydrogens is 393 g/mol. The van der Waals surface area contributed by atoms with E-state index in [1.54, 1.807) is 32.4 Å². The smallest absolute Gasteiger partial charge is 0.406 e. The Morgan fingerprint density at radius 3 is 2.48 bits per heavy atom. The summed E-state index contributed by atoms with van der Waals surface area (Å²) >= 11 is 0. The third-order valence-electron chi connectivity index (χ3n) is 4.73. The Hall–Kier alpha value is -2.59. The van der Waals surface area contributed by atoms with Crippen molar-refractivity contribution in [3.8, 4) is 5.75 Å². The van der Waals surface area contributed by atoms with E-state index in [2.05, 4.69) is 10.1 Å². The highest BCUT2D eigenvalue weighted by Gasteiger charge is 2.32. The molecule has 1 aromatic carbocycles. The highest BCUT2D eigenvalue weighted by molar-refractivity contribution is 5.99. The van der Waals surface area contributed by atoms with Crippen molar-refractivity contribution < 1.29 is 32.2 Å². The van der Waals surface area contributed by atoms with Crippen LogP contribution >= 0.6 is 0 Å². The molecule has 1 fully saturated rings. The van der Waals surface area contributed by atoms with Crippen LogP contribution in [0.1, 0.15) is 29.9 Å². The third kappa shape index (κ3) is 4.54. The topological polar surface area (TPSA) is 78.8 Å². The van der Waals surface area contributed by atoms with Gasteiger partial charge in [0.15, 0.2) is 5.79 Å². The van der Waals surface area contributed by atoms with Crippen molar-refractivity contribution in [3.63, 3.8) is 0 Å². The first-order valence-corrected chi connectivity index (χ1v) is 8.86. The normalized spacial score (nSPS) is 17.3. The van der Waals surface area contributed by atoms with Crippen LogP contribution in [-0.4, -0.2) is 41.9 Å². The van der Waals surface area contributed by atoms with Crippen molar-refractivity contribution >= 4 is 16.8 Å². The molecule has 0 bridgehead atoms. The first kappa shape index (κ1) is 21.1. The van der Waals surface area contributed by atoms with Gasteiger partial charge in [-0.1, -0.05) is 0 Å². The number of ether oxygens (including phenoxy) is 3. The molecule has 1 N–H and O–H groups in total. The molecule has 29 heavy (non-hydrogen) atoms. The predicted molar refractivity (Wildman–Crippen MR) is 97.8 cm³/mol. The van der Waals surface area contributed by atoms with Crippen molar-refractivity contribution in [1.29, 1.82) is 0 Å². The number of aromatic nitrogens is 1. The third-order valence-corrected chi connectivity index (χ3v) is 4.73. The van der Waals surface area contributed by atoms with Crippen LogP contribution in [0.25, 0.3) is 10.9 Å². The summed E-state index contributed by atoms with van der Waals surface area (Å²) in [6, 6.07) is 2.98. The maximum Gasteiger partial charge on any atom is 0.573 e. The monoisotopic (exact) mass is 414 g/mol. The molecule has 1 aromatic heterocycles. The number of nitrogens with one attached hydrogen (secondary N) is 1. The van der Waals surface area contributed by atoms with E-state index in [-0.39, 0.29) is 24.2 Å². The van der Waals surface area contributed by atoms with Crippen LogP contribution < -0.4 is 15.5 Å². The Kier molecular flexibility index (Phi) is 5.35. The second-order valence-corrected chi connectivity index (χ2v) is 7.27. The number of halogens is 3. The second-order valence-electron chi connectivity index (χ2n) is 7.27. The van der Waals surface area contributed by atoms with Crippen molar-refractivity contribution in [3.05, 3.63) is 39.7 Å². The highest BCUT2D eigenvalue weighted by atomic mass is 19.4. The zero-order valence-electron chi connectivity index (χ0n) is 16.3. The fourth-order valence-corrected chi connectivity index (χ4v) is 3.13. The summed E-state index contributed by atoms with van der Waals surface area (Å²) in [5.41, 5.74) is -0.0835. The summed E-state index contributed by atoms with van der Waals surface area (Å²) in [5, 5.41) is 2.63. The average molecular weight is 414 g/mol. The molecule has 3 rings (SSSR count). The van der Waals surface area contributed by atoms with Gasteiger partial charge in [0.1, 0.15) is 11.3 Å². The van der Waals surface area contributed by atoms with E-state index in [0.29, 0.717) is 11.2 Å². The Bertz CT molecular complexity index is 1000. The van der Waals surface area contributed by atoms with Crippen LogP contribution in [0.15, 0.2) is 23.0 Å². The highest BCUT2D eigenvalue weighted by Crippen LogP contribution is 2.26. The standard InChI is InChI=1S/C19H21F3N2O5/c1-10-15(17(26)23-11-8-27-18(2,3)28-9-11)16(25)13-7-12(29-19(20,21)22)5-6-14(13)24(10)4/h5-7,11H,8-9H2,1-4H3,(H,23,26). The maximum absolute atomic E-state index is 12.9. The van der Waals surface area contributed by atoms with Gasteiger partial charge in [-0.15, -0.1) is 13.2 Å². The molecule has 0 aliphatic carbocycles. The first-order chi connectivity index (χ1) is 13.4. The lowest BCUT2D eigenvalue weighted by Crippen LogP contribution is -2.51. The molecule has 1 aliphatic rings. The summed E-state index contributed by atoms with van der Waals surface area (Å²) in [4.78, 5) is 25.7. The van der Waals surface area contributed by atoms with Crippen LogP contribution in [0, 0.1) is 6.92 Å². The summed E-state index contributed by atoms with van der Waals surface area (Å²) in [6.07, 6.45) is -4.89. The van der Waals surface area contributed by atoms with Gasteiger partial charge >= 0.3 is 6.36 Å². The maximum atomic E-state index is 12.9. The fraction of sp³-hybridized carbons (Fsp3) is 0.474. The van der Waals surface area contributed by atoms with Gasteiger partial charge in [0, 0.05) is 12.7 Å². The lowest BCUT2D eigenvalue weighted by molar-refractivity contribution is -0.274. The fourth-order valence-electron chi connectivity index (χ4n) is 3.13. The first-order valence-electron chi connectivity index (χ1n) is 8.86. The lowest BCUT2D eigenvalue weighted by Gasteiger charge is -2.35. The molecular formula is C19H21F3N2O5. The van der Waals surface area contributed by atoms with Gasteiger partial charge in [0.2, 0.25) is 5.43 Å². The molecule has 0 radical (unpaired) electrons. The second kappa shape index (κ2) is 7.34. The number of carbonyl (C=O) groups is 1. The Morgan fingerprint density at radius 1 is 1.28 bits per heavy atom. The van der Waals surface area contributed by atoms with Crippen molar-refractivity contribution in [2.45, 2.75) is 39.0 Å². The summed E-state index contributed by atoms with van der Waals surface area (Å²) in [6.45, 7) is 5.49. The van der Waals surface area contributed by atoms with Gasteiger partial charge in [-0.25, -0.2) is 0 Å². The number of hydrogen-bond donors (Lipinski definition) is 1. The number of nitrogens with zero attached hydrogens (tertiary/aromatic N) is 1. The van der Waals surface area contributed by atoms with E-state index in [1.807, 2.05) is 0 Å². The minimum Gasteiger partial charge on any atom is -0.406 e. The quantitative estimate of drug-likeness (QED) is 0.836. The van der Waals surface area contributed by atoms with Crippen LogP contribution in [0.4, 0.5) is 13.2 Å². The van der Waals surface area contributed by atoms with Crippen LogP contribution in [-0.2, 0) is 16.5 Å². The number of carbonyl (C=O) groups excluding carboxylic acids is 1. The number of benzene rings is 1. The lowest BCUT2D eigenvalue weighted by atomic mass is 10.1. The van der Waals surface area contributed by atoms with Crippen LogP contribution in [0.5, 0.6) is 5.75 Å². The zero-order chi connectivity index (χ0) is 21.6. The van der Waals surface area contributed by atoms with E-state index in [9.17, 15) is 22.8 Å². The van der Waals surface area contributed by atoms with Gasteiger partial charge in [-0.2, -0.15) is 0 Å². The van der Waals surface area contributed by atoms with Gasteiger partial charge in [-0.05, 0) is 39.0 Å². The molecule has 0 spiro atoms.